The smallest absolute Gasteiger partial charge is 0.193 e. The second-order valence-electron chi connectivity index (χ2n) is 4.26. The number of nitrogens with zero attached hydrogens (tertiary/aromatic N) is 2. The van der Waals surface area contributed by atoms with Crippen molar-refractivity contribution in [1.29, 1.82) is 0 Å². The van der Waals surface area contributed by atoms with Gasteiger partial charge in [-0.05, 0) is 40.5 Å². The van der Waals surface area contributed by atoms with Gasteiger partial charge in [-0.15, -0.1) is 11.3 Å². The molecule has 0 spiro atoms. The number of fused-ring (bicyclic) bond motifs is 1. The predicted octanol–water partition coefficient (Wildman–Crippen LogP) is 4.73. The number of hydrogen-bond donors (Lipinski definition) is 1. The monoisotopic (exact) mass is 355 g/mol. The summed E-state index contributed by atoms with van der Waals surface area (Å²) in [6.07, 6.45) is 4.04. The average molecular weight is 357 g/mol. The van der Waals surface area contributed by atoms with E-state index < -0.39 is 0 Å². The molecule has 6 heteroatoms. The molecule has 0 saturated carbocycles. The summed E-state index contributed by atoms with van der Waals surface area (Å²) in [7, 11) is 0. The first kappa shape index (κ1) is 13.0. The molecule has 0 aliphatic carbocycles. The van der Waals surface area contributed by atoms with Gasteiger partial charge in [0.05, 0.1) is 17.9 Å². The first-order chi connectivity index (χ1) is 9.13. The van der Waals surface area contributed by atoms with Crippen LogP contribution < -0.4 is 5.32 Å². The van der Waals surface area contributed by atoms with Crippen LogP contribution in [0.5, 0.6) is 0 Å². The number of thiazole rings is 1. The third-order valence-corrected chi connectivity index (χ3v) is 4.69. The molecule has 1 N–H and O–H groups in total. The molecule has 3 rings (SSSR count). The van der Waals surface area contributed by atoms with Crippen molar-refractivity contribution in [2.24, 2.45) is 0 Å². The molecule has 0 unspecified atom stereocenters. The molecule has 19 heavy (non-hydrogen) atoms. The molecule has 98 valence electrons. The molecule has 0 bridgehead atoms. The zero-order valence-corrected chi connectivity index (χ0v) is 13.3. The van der Waals surface area contributed by atoms with Gasteiger partial charge < -0.3 is 5.32 Å². The summed E-state index contributed by atoms with van der Waals surface area (Å²) in [4.78, 5) is 5.54. The number of imidazole rings is 1. The van der Waals surface area contributed by atoms with Gasteiger partial charge in [-0.25, -0.2) is 4.98 Å². The minimum Gasteiger partial charge on any atom is -0.378 e. The minimum absolute atomic E-state index is 0.673. The summed E-state index contributed by atoms with van der Waals surface area (Å²) in [5.74, 6) is 0. The van der Waals surface area contributed by atoms with Crippen LogP contribution in [0.2, 0.25) is 5.02 Å². The molecule has 0 amide bonds. The van der Waals surface area contributed by atoms with Crippen molar-refractivity contribution in [3.63, 3.8) is 0 Å². The molecule has 2 heterocycles. The number of hydrogen-bond acceptors (Lipinski definition) is 3. The molecule has 0 atom stereocenters. The lowest BCUT2D eigenvalue weighted by Gasteiger charge is -2.09. The highest BCUT2D eigenvalue weighted by Crippen LogP contribution is 2.29. The Bertz CT molecular complexity index is 706. The number of benzene rings is 1. The SMILES string of the molecule is Cc1cc(Br)c(NCc2cn3ccsc3n2)cc1Cl. The first-order valence-corrected chi connectivity index (χ1v) is 7.79. The van der Waals surface area contributed by atoms with Crippen LogP contribution in [0, 0.1) is 6.92 Å². The predicted molar refractivity (Wildman–Crippen MR) is 84.3 cm³/mol. The van der Waals surface area contributed by atoms with Crippen molar-refractivity contribution in [2.75, 3.05) is 5.32 Å². The van der Waals surface area contributed by atoms with E-state index in [9.17, 15) is 0 Å². The van der Waals surface area contributed by atoms with Crippen LogP contribution in [0.1, 0.15) is 11.3 Å². The number of halogens is 2. The number of nitrogens with one attached hydrogen (secondary N) is 1. The van der Waals surface area contributed by atoms with Crippen LogP contribution in [-0.4, -0.2) is 9.38 Å². The van der Waals surface area contributed by atoms with Gasteiger partial charge in [0.25, 0.3) is 0 Å². The van der Waals surface area contributed by atoms with Crippen molar-refractivity contribution in [1.82, 2.24) is 9.38 Å². The van der Waals surface area contributed by atoms with Crippen LogP contribution in [0.4, 0.5) is 5.69 Å². The van der Waals surface area contributed by atoms with Gasteiger partial charge in [0.1, 0.15) is 0 Å². The summed E-state index contributed by atoms with van der Waals surface area (Å²) >= 11 is 11.3. The number of rotatable bonds is 3. The van der Waals surface area contributed by atoms with E-state index in [2.05, 4.69) is 26.2 Å². The lowest BCUT2D eigenvalue weighted by molar-refractivity contribution is 1.08. The summed E-state index contributed by atoms with van der Waals surface area (Å²) in [6, 6.07) is 3.94. The standard InChI is InChI=1S/C13H11BrClN3S/c1-8-4-10(14)12(5-11(8)15)16-6-9-7-18-2-3-19-13(18)17-9/h2-5,7,16H,6H2,1H3. The molecule has 2 aromatic heterocycles. The Labute approximate surface area is 128 Å². The summed E-state index contributed by atoms with van der Waals surface area (Å²) in [5.41, 5.74) is 3.05. The highest BCUT2D eigenvalue weighted by atomic mass is 79.9. The molecule has 0 saturated heterocycles. The Balaban J connectivity index is 1.79. The van der Waals surface area contributed by atoms with Crippen LogP contribution in [0.15, 0.2) is 34.4 Å². The fraction of sp³-hybridized carbons (Fsp3) is 0.154. The van der Waals surface area contributed by atoms with Gasteiger partial charge in [0.2, 0.25) is 0 Å². The van der Waals surface area contributed by atoms with Crippen molar-refractivity contribution in [3.8, 4) is 0 Å². The quantitative estimate of drug-likeness (QED) is 0.735. The molecule has 1 aromatic carbocycles. The van der Waals surface area contributed by atoms with E-state index in [-0.39, 0.29) is 0 Å². The Morgan fingerprint density at radius 1 is 1.47 bits per heavy atom. The molecular weight excluding hydrogens is 346 g/mol. The first-order valence-electron chi connectivity index (χ1n) is 5.74. The third kappa shape index (κ3) is 2.63. The Hall–Kier alpha value is -1.04. The van der Waals surface area contributed by atoms with Crippen molar-refractivity contribution in [3.05, 3.63) is 50.7 Å². The molecule has 0 fully saturated rings. The lowest BCUT2D eigenvalue weighted by Crippen LogP contribution is -2.00. The number of aromatic nitrogens is 2. The van der Waals surface area contributed by atoms with E-state index >= 15 is 0 Å². The zero-order chi connectivity index (χ0) is 13.4. The highest BCUT2D eigenvalue weighted by molar-refractivity contribution is 9.10. The Kier molecular flexibility index (Phi) is 3.52. The number of aryl methyl sites for hydroxylation is 1. The van der Waals surface area contributed by atoms with Crippen molar-refractivity contribution < 1.29 is 0 Å². The van der Waals surface area contributed by atoms with Gasteiger partial charge >= 0.3 is 0 Å². The molecule has 0 aliphatic rings. The Morgan fingerprint density at radius 3 is 3.11 bits per heavy atom. The second-order valence-corrected chi connectivity index (χ2v) is 6.39. The molecule has 0 aliphatic heterocycles. The van der Waals surface area contributed by atoms with Gasteiger partial charge in [0.15, 0.2) is 4.96 Å². The average Bonchev–Trinajstić information content (AvgIpc) is 2.92. The van der Waals surface area contributed by atoms with Gasteiger partial charge in [-0.2, -0.15) is 0 Å². The fourth-order valence-corrected chi connectivity index (χ4v) is 3.31. The minimum atomic E-state index is 0.673. The van der Waals surface area contributed by atoms with Crippen LogP contribution >= 0.6 is 38.9 Å². The van der Waals surface area contributed by atoms with E-state index in [1.54, 1.807) is 11.3 Å². The zero-order valence-electron chi connectivity index (χ0n) is 10.2. The second kappa shape index (κ2) is 5.15. The van der Waals surface area contributed by atoms with E-state index in [1.165, 1.54) is 0 Å². The molecule has 3 aromatic rings. The molecule has 0 radical (unpaired) electrons. The maximum atomic E-state index is 6.14. The van der Waals surface area contributed by atoms with E-state index in [4.69, 9.17) is 11.6 Å². The number of anilines is 1. The van der Waals surface area contributed by atoms with Crippen molar-refractivity contribution >= 4 is 49.5 Å². The lowest BCUT2D eigenvalue weighted by atomic mass is 10.2. The fourth-order valence-electron chi connectivity index (χ4n) is 1.83. The Morgan fingerprint density at radius 2 is 2.32 bits per heavy atom. The highest BCUT2D eigenvalue weighted by Gasteiger charge is 2.06. The van der Waals surface area contributed by atoms with E-state index in [0.717, 1.165) is 31.4 Å². The largest absolute Gasteiger partial charge is 0.378 e. The van der Waals surface area contributed by atoms with Gasteiger partial charge in [0, 0.05) is 27.3 Å². The van der Waals surface area contributed by atoms with E-state index in [1.807, 2.05) is 41.2 Å². The normalized spacial score (nSPS) is 11.1. The summed E-state index contributed by atoms with van der Waals surface area (Å²) in [6.45, 7) is 2.66. The maximum absolute atomic E-state index is 6.14. The molecular formula is C13H11BrClN3S. The third-order valence-electron chi connectivity index (χ3n) is 2.85. The van der Waals surface area contributed by atoms with E-state index in [0.29, 0.717) is 6.54 Å². The van der Waals surface area contributed by atoms with Gasteiger partial charge in [-0.3, -0.25) is 4.40 Å². The van der Waals surface area contributed by atoms with Crippen molar-refractivity contribution in [2.45, 2.75) is 13.5 Å². The topological polar surface area (TPSA) is 29.3 Å². The molecule has 3 nitrogen and oxygen atoms in total. The van der Waals surface area contributed by atoms with Crippen LogP contribution in [-0.2, 0) is 6.54 Å². The summed E-state index contributed by atoms with van der Waals surface area (Å²) in [5, 5.41) is 6.13. The van der Waals surface area contributed by atoms with Gasteiger partial charge in [-0.1, -0.05) is 11.6 Å². The maximum Gasteiger partial charge on any atom is 0.193 e. The summed E-state index contributed by atoms with van der Waals surface area (Å²) < 4.78 is 3.04. The van der Waals surface area contributed by atoms with Crippen LogP contribution in [0.3, 0.4) is 0 Å². The van der Waals surface area contributed by atoms with Crippen LogP contribution in [0.25, 0.3) is 4.96 Å².